The first-order valence-electron chi connectivity index (χ1n) is 17.1. The summed E-state index contributed by atoms with van der Waals surface area (Å²) in [6.07, 6.45) is -14.1. The number of rotatable bonds is 15. The van der Waals surface area contributed by atoms with E-state index < -0.39 is 60.6 Å². The summed E-state index contributed by atoms with van der Waals surface area (Å²) in [6, 6.07) is -0.795. The Hall–Kier alpha value is -6.76. The van der Waals surface area contributed by atoms with Crippen LogP contribution in [0.15, 0.2) is 9.98 Å². The first-order valence-corrected chi connectivity index (χ1v) is 18.8. The Balaban J connectivity index is -0.00000113. The number of aromatic nitrogens is 4. The van der Waals surface area contributed by atoms with Crippen molar-refractivity contribution in [2.75, 3.05) is 37.6 Å². The van der Waals surface area contributed by atoms with Crippen LogP contribution in [0.2, 0.25) is 0 Å². The second kappa shape index (κ2) is 32.0. The number of aryl methyl sites for hydroxylation is 2. The van der Waals surface area contributed by atoms with Crippen LogP contribution in [0, 0.1) is 0 Å². The highest BCUT2D eigenvalue weighted by Crippen LogP contribution is 2.16. The number of carbonyl (C=O) groups excluding carboxylic acids is 2. The number of anilines is 2. The molecule has 0 unspecified atom stereocenters. The Kier molecular flexibility index (Phi) is 30.8. The SMILES string of the molecule is NC(=NCCCc1nnc(N)s1)NC(=O)NCCCCCCNC(=O)NC(N)=NCCCc1nnc(N)s1.O=C(O)C(F)(F)F.O=C(O)C(F)(F)F.O=C(O)C(F)(F)F.O=C(O)C(F)(F)F. The minimum atomic E-state index is -5.08. The minimum absolute atomic E-state index is 0.0631. The first kappa shape index (κ1) is 63.5. The van der Waals surface area contributed by atoms with Gasteiger partial charge >= 0.3 is 60.6 Å². The van der Waals surface area contributed by atoms with Crippen LogP contribution in [0.3, 0.4) is 0 Å². The molecule has 378 valence electrons. The lowest BCUT2D eigenvalue weighted by atomic mass is 10.2. The second-order valence-electron chi connectivity index (χ2n) is 11.2. The molecule has 0 aromatic carbocycles. The maximum absolute atomic E-state index is 11.9. The molecule has 0 aliphatic carbocycles. The Bertz CT molecular complexity index is 1680. The summed E-state index contributed by atoms with van der Waals surface area (Å²) in [7, 11) is 0. The number of nitrogens with zero attached hydrogens (tertiary/aromatic N) is 6. The van der Waals surface area contributed by atoms with Gasteiger partial charge in [0.25, 0.3) is 0 Å². The summed E-state index contributed by atoms with van der Waals surface area (Å²) in [4.78, 5) is 67.5. The van der Waals surface area contributed by atoms with Gasteiger partial charge in [0.2, 0.25) is 10.3 Å². The van der Waals surface area contributed by atoms with Crippen molar-refractivity contribution < 1.29 is 102 Å². The number of carbonyl (C=O) groups is 6. The van der Waals surface area contributed by atoms with Crippen LogP contribution < -0.4 is 44.2 Å². The van der Waals surface area contributed by atoms with Crippen molar-refractivity contribution in [3.05, 3.63) is 10.0 Å². The van der Waals surface area contributed by atoms with E-state index in [2.05, 4.69) is 51.6 Å². The standard InChI is InChI=1S/C20H36N14O2S2.4C2HF3O2/c21-15(25-11-5-7-13-31-33-17(23)37-13)29-19(35)27-9-3-1-2-4-10-28-20(36)30-16(22)26-12-6-8-14-32-34-18(24)38-14;4*3-2(4,5)1(6)7/h1-12H2,(H2,23,33)(H2,24,34)(H4,21,25,27,29,35)(H4,22,26,28,30,36);4*(H,6,7). The number of halogens is 12. The number of nitrogen functional groups attached to an aromatic ring is 2. The molecule has 0 spiro atoms. The molecule has 66 heavy (non-hydrogen) atoms. The van der Waals surface area contributed by atoms with Gasteiger partial charge in [0.05, 0.1) is 0 Å². The van der Waals surface area contributed by atoms with E-state index in [1.54, 1.807) is 0 Å². The Morgan fingerprint density at radius 2 is 0.742 bits per heavy atom. The number of nitrogens with two attached hydrogens (primary N) is 4. The van der Waals surface area contributed by atoms with Gasteiger partial charge < -0.3 is 54.0 Å². The smallest absolute Gasteiger partial charge is 0.475 e. The number of unbranched alkanes of at least 4 members (excludes halogenated alkanes) is 3. The van der Waals surface area contributed by atoms with Gasteiger partial charge in [0.1, 0.15) is 10.0 Å². The number of alkyl halides is 12. The Morgan fingerprint density at radius 1 is 0.485 bits per heavy atom. The van der Waals surface area contributed by atoms with Crippen LogP contribution in [-0.4, -0.2) is 140 Å². The van der Waals surface area contributed by atoms with E-state index in [1.165, 1.54) is 22.7 Å². The third kappa shape index (κ3) is 38.9. The molecule has 16 N–H and O–H groups in total. The van der Waals surface area contributed by atoms with Crippen molar-refractivity contribution in [1.29, 1.82) is 0 Å². The Labute approximate surface area is 369 Å². The summed E-state index contributed by atoms with van der Waals surface area (Å²) in [5.41, 5.74) is 22.5. The molecular formula is C28H40F12N14O10S2. The second-order valence-corrected chi connectivity index (χ2v) is 13.4. The molecule has 0 aliphatic heterocycles. The fraction of sp³-hybridized carbons (Fsp3) is 0.571. The maximum Gasteiger partial charge on any atom is 0.490 e. The van der Waals surface area contributed by atoms with Crippen LogP contribution in [-0.2, 0) is 32.0 Å². The lowest BCUT2D eigenvalue weighted by Crippen LogP contribution is -2.44. The van der Waals surface area contributed by atoms with Gasteiger partial charge in [0, 0.05) is 39.0 Å². The van der Waals surface area contributed by atoms with Crippen molar-refractivity contribution in [2.45, 2.75) is 76.1 Å². The van der Waals surface area contributed by atoms with E-state index >= 15 is 0 Å². The van der Waals surface area contributed by atoms with Gasteiger partial charge in [-0.05, 0) is 25.7 Å². The Morgan fingerprint density at radius 3 is 0.955 bits per heavy atom. The van der Waals surface area contributed by atoms with Crippen molar-refractivity contribution in [2.24, 2.45) is 21.5 Å². The molecule has 4 amide bonds. The summed E-state index contributed by atoms with van der Waals surface area (Å²) < 4.78 is 127. The molecule has 0 radical (unpaired) electrons. The number of guanidine groups is 2. The molecule has 0 saturated carbocycles. The summed E-state index contributed by atoms with van der Waals surface area (Å²) in [5, 5.41) is 56.9. The third-order valence-corrected chi connectivity index (χ3v) is 7.38. The summed E-state index contributed by atoms with van der Waals surface area (Å²) >= 11 is 2.68. The number of urea groups is 2. The van der Waals surface area contributed by atoms with E-state index in [0.29, 0.717) is 49.3 Å². The zero-order chi connectivity index (χ0) is 51.9. The number of carboxylic acids is 4. The molecule has 0 atom stereocenters. The van der Waals surface area contributed by atoms with Gasteiger partial charge in [-0.15, -0.1) is 20.4 Å². The van der Waals surface area contributed by atoms with Crippen LogP contribution in [0.25, 0.3) is 0 Å². The van der Waals surface area contributed by atoms with E-state index in [0.717, 1.165) is 48.5 Å². The average molecular weight is 1020 g/mol. The van der Waals surface area contributed by atoms with Crippen molar-refractivity contribution in [1.82, 2.24) is 41.7 Å². The fourth-order valence-electron chi connectivity index (χ4n) is 3.00. The average Bonchev–Trinajstić information content (AvgIpc) is 3.79. The normalized spacial score (nSPS) is 11.6. The molecule has 2 aromatic rings. The zero-order valence-electron chi connectivity index (χ0n) is 33.1. The lowest BCUT2D eigenvalue weighted by molar-refractivity contribution is -0.193. The number of hydrogen-bond donors (Lipinski definition) is 12. The molecule has 24 nitrogen and oxygen atoms in total. The summed E-state index contributed by atoms with van der Waals surface area (Å²) in [5.74, 6) is -10.9. The fourth-order valence-corrected chi connectivity index (χ4v) is 4.30. The third-order valence-electron chi connectivity index (χ3n) is 5.75. The number of carboxylic acid groups (broad SMARTS) is 4. The highest BCUT2D eigenvalue weighted by atomic mass is 32.1. The molecule has 0 aliphatic rings. The number of nitrogens with one attached hydrogen (secondary N) is 4. The van der Waals surface area contributed by atoms with E-state index in [4.69, 9.17) is 62.5 Å². The predicted molar refractivity (Wildman–Crippen MR) is 205 cm³/mol. The molecule has 38 heteroatoms. The van der Waals surface area contributed by atoms with Crippen LogP contribution >= 0.6 is 22.7 Å². The zero-order valence-corrected chi connectivity index (χ0v) is 34.7. The lowest BCUT2D eigenvalue weighted by Gasteiger charge is -2.08. The molecule has 2 heterocycles. The topological polar surface area (TPSA) is 412 Å². The number of aliphatic imine (C=N–C) groups is 2. The van der Waals surface area contributed by atoms with Crippen molar-refractivity contribution in [3.8, 4) is 0 Å². The summed E-state index contributed by atoms with van der Waals surface area (Å²) in [6.45, 7) is 1.93. The van der Waals surface area contributed by atoms with Gasteiger partial charge in [-0.25, -0.2) is 28.8 Å². The molecule has 2 rings (SSSR count). The van der Waals surface area contributed by atoms with Gasteiger partial charge in [-0.3, -0.25) is 20.6 Å². The number of aliphatic carboxylic acids is 4. The largest absolute Gasteiger partial charge is 0.490 e. The van der Waals surface area contributed by atoms with Gasteiger partial charge in [-0.1, -0.05) is 35.5 Å². The van der Waals surface area contributed by atoms with Crippen molar-refractivity contribution in [3.63, 3.8) is 0 Å². The van der Waals surface area contributed by atoms with Gasteiger partial charge in [-0.2, -0.15) is 52.7 Å². The van der Waals surface area contributed by atoms with Crippen LogP contribution in [0.5, 0.6) is 0 Å². The van der Waals surface area contributed by atoms with Crippen LogP contribution in [0.4, 0.5) is 72.5 Å². The predicted octanol–water partition coefficient (Wildman–Crippen LogP) is 2.44. The highest BCUT2D eigenvalue weighted by Gasteiger charge is 2.40. The maximum atomic E-state index is 11.9. The highest BCUT2D eigenvalue weighted by molar-refractivity contribution is 7.15. The molecule has 2 aromatic heterocycles. The molecule has 0 fully saturated rings. The quantitative estimate of drug-likeness (QED) is 0.0527. The molecule has 0 bridgehead atoms. The van der Waals surface area contributed by atoms with E-state index in [9.17, 15) is 62.3 Å². The first-order chi connectivity index (χ1) is 30.1. The minimum Gasteiger partial charge on any atom is -0.475 e. The van der Waals surface area contributed by atoms with E-state index in [-0.39, 0.29) is 11.9 Å². The molecular weight excluding hydrogens is 985 g/mol. The van der Waals surface area contributed by atoms with Gasteiger partial charge in [0.15, 0.2) is 11.9 Å². The van der Waals surface area contributed by atoms with Crippen molar-refractivity contribution >= 4 is 80.8 Å². The van der Waals surface area contributed by atoms with E-state index in [1.807, 2.05) is 0 Å². The number of amides is 4. The monoisotopic (exact) mass is 1020 g/mol. The number of hydrogen-bond acceptors (Lipinski definition) is 16. The molecule has 0 saturated heterocycles. The van der Waals surface area contributed by atoms with Crippen LogP contribution in [0.1, 0.15) is 48.5 Å².